The van der Waals surface area contributed by atoms with E-state index in [0.717, 1.165) is 19.0 Å². The van der Waals surface area contributed by atoms with Crippen LogP contribution in [0.2, 0.25) is 0 Å². The molecule has 14 heavy (non-hydrogen) atoms. The topological polar surface area (TPSA) is 12.0 Å². The molecule has 0 unspecified atom stereocenters. The summed E-state index contributed by atoms with van der Waals surface area (Å²) in [6, 6.07) is 0. The lowest BCUT2D eigenvalue weighted by atomic mass is 10.0. The Labute approximate surface area is 91.5 Å². The van der Waals surface area contributed by atoms with E-state index in [1.165, 1.54) is 24.0 Å². The van der Waals surface area contributed by atoms with E-state index in [2.05, 4.69) is 36.8 Å². The Bertz CT molecular complexity index is 253. The SMILES string of the molecule is CCCNCc1cscc1CC(C)C. The Morgan fingerprint density at radius 2 is 2.00 bits per heavy atom. The van der Waals surface area contributed by atoms with Gasteiger partial charge in [-0.3, -0.25) is 0 Å². The molecule has 0 amide bonds. The number of rotatable bonds is 6. The van der Waals surface area contributed by atoms with Crippen molar-refractivity contribution in [2.24, 2.45) is 5.92 Å². The molecule has 2 heteroatoms. The molecule has 1 rings (SSSR count). The molecule has 0 spiro atoms. The Morgan fingerprint density at radius 1 is 1.29 bits per heavy atom. The van der Waals surface area contributed by atoms with Crippen LogP contribution >= 0.6 is 11.3 Å². The molecular formula is C12H21NS. The maximum absolute atomic E-state index is 3.46. The van der Waals surface area contributed by atoms with Crippen molar-refractivity contribution in [3.05, 3.63) is 21.9 Å². The molecule has 1 aromatic heterocycles. The summed E-state index contributed by atoms with van der Waals surface area (Å²) in [4.78, 5) is 0. The number of hydrogen-bond acceptors (Lipinski definition) is 2. The second-order valence-electron chi connectivity index (χ2n) is 4.20. The van der Waals surface area contributed by atoms with Gasteiger partial charge in [-0.1, -0.05) is 20.8 Å². The first-order valence-electron chi connectivity index (χ1n) is 5.48. The fourth-order valence-electron chi connectivity index (χ4n) is 1.52. The maximum atomic E-state index is 3.46. The molecule has 0 bridgehead atoms. The van der Waals surface area contributed by atoms with Crippen LogP contribution in [0.1, 0.15) is 38.3 Å². The van der Waals surface area contributed by atoms with Crippen LogP contribution in [0.3, 0.4) is 0 Å². The van der Waals surface area contributed by atoms with Gasteiger partial charge in [0.15, 0.2) is 0 Å². The van der Waals surface area contributed by atoms with Gasteiger partial charge in [-0.25, -0.2) is 0 Å². The molecule has 1 nitrogen and oxygen atoms in total. The lowest BCUT2D eigenvalue weighted by Crippen LogP contribution is -2.14. The van der Waals surface area contributed by atoms with Crippen molar-refractivity contribution in [1.29, 1.82) is 0 Å². The van der Waals surface area contributed by atoms with Crippen molar-refractivity contribution in [2.45, 2.75) is 40.2 Å². The highest BCUT2D eigenvalue weighted by Gasteiger charge is 2.05. The molecule has 0 aliphatic carbocycles. The zero-order valence-corrected chi connectivity index (χ0v) is 10.3. The molecule has 0 aliphatic rings. The molecule has 1 N–H and O–H groups in total. The van der Waals surface area contributed by atoms with Gasteiger partial charge in [-0.15, -0.1) is 0 Å². The summed E-state index contributed by atoms with van der Waals surface area (Å²) in [6.45, 7) is 8.92. The highest BCUT2D eigenvalue weighted by molar-refractivity contribution is 7.08. The van der Waals surface area contributed by atoms with E-state index in [-0.39, 0.29) is 0 Å². The Balaban J connectivity index is 2.45. The minimum atomic E-state index is 0.759. The summed E-state index contributed by atoms with van der Waals surface area (Å²) in [5, 5.41) is 8.03. The summed E-state index contributed by atoms with van der Waals surface area (Å²) in [5.41, 5.74) is 3.03. The lowest BCUT2D eigenvalue weighted by Gasteiger charge is -2.07. The Kier molecular flexibility index (Phi) is 5.20. The third-order valence-electron chi connectivity index (χ3n) is 2.20. The molecule has 0 atom stereocenters. The Hall–Kier alpha value is -0.340. The number of nitrogens with one attached hydrogen (secondary N) is 1. The second-order valence-corrected chi connectivity index (χ2v) is 4.94. The predicted octanol–water partition coefficient (Wildman–Crippen LogP) is 3.45. The van der Waals surface area contributed by atoms with E-state index < -0.39 is 0 Å². The van der Waals surface area contributed by atoms with Crippen molar-refractivity contribution >= 4 is 11.3 Å². The van der Waals surface area contributed by atoms with Crippen molar-refractivity contribution in [2.75, 3.05) is 6.54 Å². The zero-order valence-electron chi connectivity index (χ0n) is 9.47. The van der Waals surface area contributed by atoms with Gasteiger partial charge >= 0.3 is 0 Å². The van der Waals surface area contributed by atoms with Crippen LogP contribution in [0.5, 0.6) is 0 Å². The fourth-order valence-corrected chi connectivity index (χ4v) is 2.40. The van der Waals surface area contributed by atoms with Crippen LogP contribution < -0.4 is 5.32 Å². The molecular weight excluding hydrogens is 190 g/mol. The van der Waals surface area contributed by atoms with Gasteiger partial charge in [0.1, 0.15) is 0 Å². The Morgan fingerprint density at radius 3 is 2.64 bits per heavy atom. The average Bonchev–Trinajstić information content (AvgIpc) is 2.52. The number of thiophene rings is 1. The van der Waals surface area contributed by atoms with Crippen LogP contribution in [0, 0.1) is 5.92 Å². The van der Waals surface area contributed by atoms with E-state index >= 15 is 0 Å². The van der Waals surface area contributed by atoms with Crippen molar-refractivity contribution in [3.8, 4) is 0 Å². The van der Waals surface area contributed by atoms with Gasteiger partial charge < -0.3 is 5.32 Å². The van der Waals surface area contributed by atoms with Crippen molar-refractivity contribution in [3.63, 3.8) is 0 Å². The summed E-state index contributed by atoms with van der Waals surface area (Å²) in [6.07, 6.45) is 2.43. The third-order valence-corrected chi connectivity index (χ3v) is 3.04. The van der Waals surface area contributed by atoms with Crippen LogP contribution in [-0.4, -0.2) is 6.54 Å². The zero-order chi connectivity index (χ0) is 10.4. The highest BCUT2D eigenvalue weighted by atomic mass is 32.1. The summed E-state index contributed by atoms with van der Waals surface area (Å²) in [5.74, 6) is 0.759. The fraction of sp³-hybridized carbons (Fsp3) is 0.667. The van der Waals surface area contributed by atoms with Gasteiger partial charge in [0.05, 0.1) is 0 Å². The first-order chi connectivity index (χ1) is 6.74. The summed E-state index contributed by atoms with van der Waals surface area (Å²) < 4.78 is 0. The standard InChI is InChI=1S/C12H21NS/c1-4-5-13-7-12-9-14-8-11(12)6-10(2)3/h8-10,13H,4-7H2,1-3H3. The number of hydrogen-bond donors (Lipinski definition) is 1. The van der Waals surface area contributed by atoms with E-state index in [1.54, 1.807) is 0 Å². The monoisotopic (exact) mass is 211 g/mol. The lowest BCUT2D eigenvalue weighted by molar-refractivity contribution is 0.631. The highest BCUT2D eigenvalue weighted by Crippen LogP contribution is 2.18. The predicted molar refractivity (Wildman–Crippen MR) is 64.9 cm³/mol. The van der Waals surface area contributed by atoms with Gasteiger partial charge in [-0.2, -0.15) is 11.3 Å². The summed E-state index contributed by atoms with van der Waals surface area (Å²) >= 11 is 1.83. The van der Waals surface area contributed by atoms with Crippen LogP contribution in [-0.2, 0) is 13.0 Å². The molecule has 0 aromatic carbocycles. The van der Waals surface area contributed by atoms with Crippen LogP contribution in [0.4, 0.5) is 0 Å². The van der Waals surface area contributed by atoms with E-state index in [9.17, 15) is 0 Å². The molecule has 0 saturated heterocycles. The quantitative estimate of drug-likeness (QED) is 0.711. The molecule has 0 radical (unpaired) electrons. The van der Waals surface area contributed by atoms with Gasteiger partial charge in [0.25, 0.3) is 0 Å². The maximum Gasteiger partial charge on any atom is 0.0216 e. The van der Waals surface area contributed by atoms with Gasteiger partial charge in [0.2, 0.25) is 0 Å². The molecule has 1 heterocycles. The van der Waals surface area contributed by atoms with E-state index in [4.69, 9.17) is 0 Å². The van der Waals surface area contributed by atoms with E-state index in [0.29, 0.717) is 0 Å². The van der Waals surface area contributed by atoms with Gasteiger partial charge in [-0.05, 0) is 47.2 Å². The molecule has 0 aliphatic heterocycles. The molecule has 1 aromatic rings. The normalized spacial score (nSPS) is 11.1. The average molecular weight is 211 g/mol. The third kappa shape index (κ3) is 3.81. The first kappa shape index (κ1) is 11.7. The summed E-state index contributed by atoms with van der Waals surface area (Å²) in [7, 11) is 0. The minimum absolute atomic E-state index is 0.759. The largest absolute Gasteiger partial charge is 0.313 e. The first-order valence-corrected chi connectivity index (χ1v) is 6.43. The minimum Gasteiger partial charge on any atom is -0.313 e. The van der Waals surface area contributed by atoms with Crippen molar-refractivity contribution < 1.29 is 0 Å². The van der Waals surface area contributed by atoms with Crippen LogP contribution in [0.15, 0.2) is 10.8 Å². The molecule has 80 valence electrons. The van der Waals surface area contributed by atoms with Gasteiger partial charge in [0, 0.05) is 6.54 Å². The second kappa shape index (κ2) is 6.20. The molecule has 0 fully saturated rings. The van der Waals surface area contributed by atoms with Crippen LogP contribution in [0.25, 0.3) is 0 Å². The van der Waals surface area contributed by atoms with E-state index in [1.807, 2.05) is 11.3 Å². The smallest absolute Gasteiger partial charge is 0.0216 e. The molecule has 0 saturated carbocycles. The van der Waals surface area contributed by atoms with Crippen molar-refractivity contribution in [1.82, 2.24) is 5.32 Å².